The molecule has 0 aliphatic heterocycles. The number of aromatic nitrogens is 4. The molecular formula is C24H17N5O2S. The second-order valence-electron chi connectivity index (χ2n) is 7.22. The number of nitrogens with zero attached hydrogens (tertiary/aromatic N) is 3. The van der Waals surface area contributed by atoms with Gasteiger partial charge in [-0.05, 0) is 60.4 Å². The van der Waals surface area contributed by atoms with Crippen molar-refractivity contribution in [2.24, 2.45) is 0 Å². The number of aromatic amines is 1. The first-order chi connectivity index (χ1) is 15.5. The van der Waals surface area contributed by atoms with Gasteiger partial charge in [-0.2, -0.15) is 0 Å². The third-order valence-electron chi connectivity index (χ3n) is 4.98. The molecule has 0 spiro atoms. The van der Waals surface area contributed by atoms with Crippen LogP contribution in [0.3, 0.4) is 0 Å². The molecule has 2 N–H and O–H groups in total. The Kier molecular flexibility index (Phi) is 4.81. The predicted molar refractivity (Wildman–Crippen MR) is 124 cm³/mol. The lowest BCUT2D eigenvalue weighted by molar-refractivity contribution is 0.602. The first-order valence-electron chi connectivity index (χ1n) is 9.73. The number of benzene rings is 1. The van der Waals surface area contributed by atoms with Gasteiger partial charge in [0.1, 0.15) is 17.2 Å². The lowest BCUT2D eigenvalue weighted by Gasteiger charge is -2.08. The van der Waals surface area contributed by atoms with E-state index in [9.17, 15) is 8.42 Å². The van der Waals surface area contributed by atoms with Crippen molar-refractivity contribution in [1.82, 2.24) is 19.9 Å². The van der Waals surface area contributed by atoms with Crippen LogP contribution in [0.4, 0.5) is 11.5 Å². The van der Waals surface area contributed by atoms with Crippen LogP contribution in [0.5, 0.6) is 0 Å². The number of hydrogen-bond acceptors (Lipinski definition) is 6. The third-order valence-corrected chi connectivity index (χ3v) is 6.11. The van der Waals surface area contributed by atoms with Gasteiger partial charge in [0.15, 0.2) is 9.84 Å². The molecule has 0 amide bonds. The molecule has 156 valence electrons. The maximum absolute atomic E-state index is 11.6. The van der Waals surface area contributed by atoms with Crippen LogP contribution in [-0.2, 0) is 9.84 Å². The van der Waals surface area contributed by atoms with E-state index in [-0.39, 0.29) is 4.90 Å². The summed E-state index contributed by atoms with van der Waals surface area (Å²) in [6.45, 7) is 0. The number of anilines is 2. The molecular weight excluding hydrogens is 422 g/mol. The van der Waals surface area contributed by atoms with Gasteiger partial charge in [-0.25, -0.2) is 23.4 Å². The summed E-state index contributed by atoms with van der Waals surface area (Å²) in [5, 5.41) is 5.92. The van der Waals surface area contributed by atoms with Crippen LogP contribution in [0.25, 0.3) is 21.7 Å². The fraction of sp³-hybridized carbons (Fsp3) is 0.0417. The summed E-state index contributed by atoms with van der Waals surface area (Å²) in [5.41, 5.74) is 3.01. The maximum Gasteiger partial charge on any atom is 0.175 e. The van der Waals surface area contributed by atoms with Gasteiger partial charge in [0, 0.05) is 58.4 Å². The molecule has 5 aromatic rings. The molecule has 0 fully saturated rings. The summed E-state index contributed by atoms with van der Waals surface area (Å²) in [5.74, 6) is 6.87. The Labute approximate surface area is 184 Å². The fourth-order valence-electron chi connectivity index (χ4n) is 3.37. The van der Waals surface area contributed by atoms with Gasteiger partial charge in [0.25, 0.3) is 0 Å². The van der Waals surface area contributed by atoms with Crippen molar-refractivity contribution in [3.63, 3.8) is 0 Å². The average molecular weight is 440 g/mol. The van der Waals surface area contributed by atoms with Crippen LogP contribution >= 0.6 is 0 Å². The van der Waals surface area contributed by atoms with Crippen LogP contribution in [0.15, 0.2) is 78.2 Å². The first kappa shape index (κ1) is 19.7. The summed E-state index contributed by atoms with van der Waals surface area (Å²) < 4.78 is 23.3. The maximum atomic E-state index is 11.6. The Balaban J connectivity index is 1.50. The molecule has 4 heterocycles. The number of fused-ring (bicyclic) bond motifs is 2. The number of sulfone groups is 1. The standard InChI is InChI=1S/C24H17N5O2S/c1-32(30,31)18-4-2-17(3-5-18)29-24-14-20-16(15-28-24)8-11-25-22(20)7-6-21-19-9-12-26-23(19)10-13-27-21/h2-5,8-15,26H,1H3,(H,28,29). The number of nitrogens with one attached hydrogen (secondary N) is 2. The van der Waals surface area contributed by atoms with E-state index in [1.54, 1.807) is 42.9 Å². The molecule has 0 atom stereocenters. The molecule has 32 heavy (non-hydrogen) atoms. The van der Waals surface area contributed by atoms with Gasteiger partial charge in [-0.1, -0.05) is 0 Å². The molecule has 4 aromatic heterocycles. The summed E-state index contributed by atoms with van der Waals surface area (Å²) >= 11 is 0. The van der Waals surface area contributed by atoms with E-state index in [0.29, 0.717) is 17.2 Å². The first-order valence-corrected chi connectivity index (χ1v) is 11.6. The molecule has 1 aromatic carbocycles. The Morgan fingerprint density at radius 1 is 0.875 bits per heavy atom. The molecule has 0 bridgehead atoms. The Hall–Kier alpha value is -4.22. The van der Waals surface area contributed by atoms with Crippen molar-refractivity contribution in [3.05, 3.63) is 84.7 Å². The molecule has 0 radical (unpaired) electrons. The molecule has 0 saturated heterocycles. The predicted octanol–water partition coefficient (Wildman–Crippen LogP) is 4.05. The summed E-state index contributed by atoms with van der Waals surface area (Å²) in [7, 11) is -3.24. The largest absolute Gasteiger partial charge is 0.361 e. The van der Waals surface area contributed by atoms with Crippen LogP contribution < -0.4 is 5.32 Å². The Bertz CT molecular complexity index is 1630. The normalized spacial score (nSPS) is 11.3. The number of hydrogen-bond donors (Lipinski definition) is 2. The minimum atomic E-state index is -3.24. The molecule has 0 aliphatic rings. The molecule has 0 aliphatic carbocycles. The highest BCUT2D eigenvalue weighted by Gasteiger charge is 2.08. The highest BCUT2D eigenvalue weighted by molar-refractivity contribution is 7.90. The summed E-state index contributed by atoms with van der Waals surface area (Å²) in [4.78, 5) is 16.7. The zero-order valence-corrected chi connectivity index (χ0v) is 17.8. The minimum absolute atomic E-state index is 0.266. The van der Waals surface area contributed by atoms with E-state index < -0.39 is 9.84 Å². The second kappa shape index (κ2) is 7.80. The second-order valence-corrected chi connectivity index (χ2v) is 9.24. The smallest absolute Gasteiger partial charge is 0.175 e. The lowest BCUT2D eigenvalue weighted by atomic mass is 10.1. The average Bonchev–Trinajstić information content (AvgIpc) is 3.27. The van der Waals surface area contributed by atoms with E-state index in [1.165, 1.54) is 6.26 Å². The highest BCUT2D eigenvalue weighted by atomic mass is 32.2. The third kappa shape index (κ3) is 3.89. The SMILES string of the molecule is CS(=O)(=O)c1ccc(Nc2cc3c(C#Cc4nccc5[nH]ccc45)nccc3cn2)cc1. The number of pyridine rings is 3. The van der Waals surface area contributed by atoms with Crippen LogP contribution in [-0.4, -0.2) is 34.6 Å². The minimum Gasteiger partial charge on any atom is -0.361 e. The lowest BCUT2D eigenvalue weighted by Crippen LogP contribution is -1.98. The van der Waals surface area contributed by atoms with Crippen molar-refractivity contribution in [2.75, 3.05) is 11.6 Å². The van der Waals surface area contributed by atoms with Crippen LogP contribution in [0.2, 0.25) is 0 Å². The fourth-order valence-corrected chi connectivity index (χ4v) is 4.00. The van der Waals surface area contributed by atoms with Gasteiger partial charge >= 0.3 is 0 Å². The quantitative estimate of drug-likeness (QED) is 0.411. The van der Waals surface area contributed by atoms with Gasteiger partial charge in [-0.15, -0.1) is 0 Å². The monoisotopic (exact) mass is 439 g/mol. The van der Waals surface area contributed by atoms with E-state index in [0.717, 1.165) is 27.4 Å². The van der Waals surface area contributed by atoms with Gasteiger partial charge in [0.2, 0.25) is 0 Å². The van der Waals surface area contributed by atoms with Crippen molar-refractivity contribution in [1.29, 1.82) is 0 Å². The van der Waals surface area contributed by atoms with E-state index in [4.69, 9.17) is 0 Å². The van der Waals surface area contributed by atoms with Gasteiger partial charge in [0.05, 0.1) is 4.90 Å². The summed E-state index contributed by atoms with van der Waals surface area (Å²) in [6.07, 6.45) is 8.22. The van der Waals surface area contributed by atoms with E-state index >= 15 is 0 Å². The Morgan fingerprint density at radius 2 is 1.59 bits per heavy atom. The van der Waals surface area contributed by atoms with E-state index in [2.05, 4.69) is 37.1 Å². The zero-order valence-electron chi connectivity index (χ0n) is 17.0. The number of rotatable bonds is 3. The highest BCUT2D eigenvalue weighted by Crippen LogP contribution is 2.23. The molecule has 0 saturated carbocycles. The van der Waals surface area contributed by atoms with E-state index in [1.807, 2.05) is 30.5 Å². The molecule has 0 unspecified atom stereocenters. The molecule has 5 rings (SSSR count). The van der Waals surface area contributed by atoms with Crippen molar-refractivity contribution >= 4 is 43.0 Å². The van der Waals surface area contributed by atoms with Crippen LogP contribution in [0, 0.1) is 11.8 Å². The van der Waals surface area contributed by atoms with Crippen molar-refractivity contribution < 1.29 is 8.42 Å². The zero-order chi connectivity index (χ0) is 22.1. The molecule has 7 nitrogen and oxygen atoms in total. The van der Waals surface area contributed by atoms with Crippen LogP contribution in [0.1, 0.15) is 11.4 Å². The topological polar surface area (TPSA) is 101 Å². The Morgan fingerprint density at radius 3 is 2.34 bits per heavy atom. The van der Waals surface area contributed by atoms with Crippen molar-refractivity contribution in [2.45, 2.75) is 4.90 Å². The summed E-state index contributed by atoms with van der Waals surface area (Å²) in [6, 6.07) is 14.1. The van der Waals surface area contributed by atoms with Crippen molar-refractivity contribution in [3.8, 4) is 11.8 Å². The van der Waals surface area contributed by atoms with Gasteiger partial charge in [-0.3, -0.25) is 0 Å². The van der Waals surface area contributed by atoms with Gasteiger partial charge < -0.3 is 10.3 Å². The molecule has 8 heteroatoms. The number of H-pyrrole nitrogens is 1.